The molecule has 0 unspecified atom stereocenters. The van der Waals surface area contributed by atoms with Crippen LogP contribution in [0.15, 0.2) is 36.5 Å². The number of carbonyl (C=O) groups is 1. The van der Waals surface area contributed by atoms with Gasteiger partial charge in [-0.25, -0.2) is 4.79 Å². The van der Waals surface area contributed by atoms with Gasteiger partial charge in [0.05, 0.1) is 12.3 Å². The van der Waals surface area contributed by atoms with Gasteiger partial charge in [0.1, 0.15) is 0 Å². The van der Waals surface area contributed by atoms with Gasteiger partial charge in [-0.3, -0.25) is 10.00 Å². The predicted octanol–water partition coefficient (Wildman–Crippen LogP) is 2.15. The molecule has 134 valence electrons. The van der Waals surface area contributed by atoms with E-state index in [-0.39, 0.29) is 18.1 Å². The summed E-state index contributed by atoms with van der Waals surface area (Å²) in [6.45, 7) is 3.97. The molecule has 7 nitrogen and oxygen atoms in total. The monoisotopic (exact) mass is 343 g/mol. The Morgan fingerprint density at radius 1 is 1.32 bits per heavy atom. The van der Waals surface area contributed by atoms with Gasteiger partial charge in [-0.15, -0.1) is 5.10 Å². The highest BCUT2D eigenvalue weighted by Gasteiger charge is 2.27. The molecule has 1 atom stereocenters. The lowest BCUT2D eigenvalue weighted by Gasteiger charge is -2.34. The highest BCUT2D eigenvalue weighted by Crippen LogP contribution is 2.23. The molecule has 1 aliphatic rings. The van der Waals surface area contributed by atoms with Crippen LogP contribution < -0.4 is 5.32 Å². The van der Waals surface area contributed by atoms with Crippen molar-refractivity contribution >= 4 is 11.8 Å². The second-order valence-electron chi connectivity index (χ2n) is 6.47. The lowest BCUT2D eigenvalue weighted by molar-refractivity contribution is 0.0689. The van der Waals surface area contributed by atoms with Crippen molar-refractivity contribution in [3.05, 3.63) is 42.1 Å². The predicted molar refractivity (Wildman–Crippen MR) is 95.2 cm³/mol. The summed E-state index contributed by atoms with van der Waals surface area (Å²) in [6.07, 6.45) is 3.63. The highest BCUT2D eigenvalue weighted by molar-refractivity contribution is 5.88. The zero-order chi connectivity index (χ0) is 17.6. The standard InChI is InChI=1S/C18H25N5O2/c1-2-23-13-17(20-21-23)19-18(25)22-10-8-15(9-11-22)16(24)12-14-6-4-3-5-7-14/h3-7,13,15-16,24H,2,8-12H2,1H3,(H,19,25)/t16-/m1/s1. The van der Waals surface area contributed by atoms with Crippen LogP contribution >= 0.6 is 0 Å². The lowest BCUT2D eigenvalue weighted by Crippen LogP contribution is -2.43. The summed E-state index contributed by atoms with van der Waals surface area (Å²) in [4.78, 5) is 14.1. The Balaban J connectivity index is 1.46. The first kappa shape index (κ1) is 17.4. The van der Waals surface area contributed by atoms with E-state index in [2.05, 4.69) is 15.6 Å². The molecular weight excluding hydrogens is 318 g/mol. The van der Waals surface area contributed by atoms with Gasteiger partial charge in [0, 0.05) is 19.6 Å². The van der Waals surface area contributed by atoms with Gasteiger partial charge >= 0.3 is 6.03 Å². The number of carbonyl (C=O) groups excluding carboxylic acids is 1. The van der Waals surface area contributed by atoms with E-state index in [0.29, 0.717) is 31.9 Å². The fourth-order valence-electron chi connectivity index (χ4n) is 3.21. The van der Waals surface area contributed by atoms with E-state index in [1.807, 2.05) is 37.3 Å². The minimum Gasteiger partial charge on any atom is -0.392 e. The van der Waals surface area contributed by atoms with Gasteiger partial charge < -0.3 is 10.0 Å². The van der Waals surface area contributed by atoms with Crippen molar-refractivity contribution in [1.82, 2.24) is 19.9 Å². The molecule has 2 heterocycles. The number of nitrogens with zero attached hydrogens (tertiary/aromatic N) is 4. The fourth-order valence-corrected chi connectivity index (χ4v) is 3.21. The van der Waals surface area contributed by atoms with Crippen LogP contribution in [0.25, 0.3) is 0 Å². The molecule has 1 aromatic carbocycles. The van der Waals surface area contributed by atoms with E-state index in [0.717, 1.165) is 18.4 Å². The van der Waals surface area contributed by atoms with Crippen molar-refractivity contribution in [2.24, 2.45) is 5.92 Å². The molecule has 7 heteroatoms. The summed E-state index contributed by atoms with van der Waals surface area (Å²) >= 11 is 0. The number of likely N-dealkylation sites (tertiary alicyclic amines) is 1. The molecule has 1 aromatic heterocycles. The number of benzene rings is 1. The van der Waals surface area contributed by atoms with Crippen LogP contribution in [0.5, 0.6) is 0 Å². The molecule has 0 radical (unpaired) electrons. The van der Waals surface area contributed by atoms with E-state index in [1.54, 1.807) is 15.8 Å². The summed E-state index contributed by atoms with van der Waals surface area (Å²) < 4.78 is 1.67. The number of nitrogens with one attached hydrogen (secondary N) is 1. The summed E-state index contributed by atoms with van der Waals surface area (Å²) in [5, 5.41) is 21.1. The first-order chi connectivity index (χ1) is 12.2. The van der Waals surface area contributed by atoms with Crippen LogP contribution in [-0.4, -0.2) is 50.2 Å². The molecule has 3 rings (SSSR count). The van der Waals surface area contributed by atoms with Crippen LogP contribution in [0.2, 0.25) is 0 Å². The minimum absolute atomic E-state index is 0.154. The number of aliphatic hydroxyl groups is 1. The first-order valence-corrected chi connectivity index (χ1v) is 8.83. The number of urea groups is 1. The number of aromatic nitrogens is 3. The maximum Gasteiger partial charge on any atom is 0.323 e. The van der Waals surface area contributed by atoms with Crippen LogP contribution in [0, 0.1) is 5.92 Å². The van der Waals surface area contributed by atoms with Gasteiger partial charge in [-0.1, -0.05) is 35.5 Å². The van der Waals surface area contributed by atoms with Gasteiger partial charge in [-0.05, 0) is 37.7 Å². The van der Waals surface area contributed by atoms with Crippen molar-refractivity contribution in [3.63, 3.8) is 0 Å². The maximum absolute atomic E-state index is 12.3. The molecule has 1 saturated heterocycles. The maximum atomic E-state index is 12.3. The van der Waals surface area contributed by atoms with Crippen molar-refractivity contribution in [3.8, 4) is 0 Å². The Labute approximate surface area is 147 Å². The Kier molecular flexibility index (Phi) is 5.65. The van der Waals surface area contributed by atoms with E-state index in [9.17, 15) is 9.90 Å². The quantitative estimate of drug-likeness (QED) is 0.871. The van der Waals surface area contributed by atoms with Gasteiger partial charge in [-0.2, -0.15) is 0 Å². The van der Waals surface area contributed by atoms with Gasteiger partial charge in [0.2, 0.25) is 0 Å². The molecule has 1 fully saturated rings. The minimum atomic E-state index is -0.364. The smallest absolute Gasteiger partial charge is 0.323 e. The van der Waals surface area contributed by atoms with Crippen molar-refractivity contribution in [2.75, 3.05) is 18.4 Å². The number of hydrogen-bond acceptors (Lipinski definition) is 4. The molecule has 2 aromatic rings. The molecule has 0 aliphatic carbocycles. The number of aryl methyl sites for hydroxylation is 1. The number of amides is 2. The van der Waals surface area contributed by atoms with Crippen LogP contribution in [0.4, 0.5) is 10.6 Å². The number of piperidine rings is 1. The summed E-state index contributed by atoms with van der Waals surface area (Å²) in [7, 11) is 0. The topological polar surface area (TPSA) is 83.3 Å². The fraction of sp³-hybridized carbons (Fsp3) is 0.500. The van der Waals surface area contributed by atoms with Crippen molar-refractivity contribution in [1.29, 1.82) is 0 Å². The van der Waals surface area contributed by atoms with Crippen LogP contribution in [-0.2, 0) is 13.0 Å². The molecule has 0 spiro atoms. The number of aliphatic hydroxyl groups excluding tert-OH is 1. The van der Waals surface area contributed by atoms with Crippen LogP contribution in [0.1, 0.15) is 25.3 Å². The molecule has 2 N–H and O–H groups in total. The third-order valence-electron chi connectivity index (χ3n) is 4.76. The highest BCUT2D eigenvalue weighted by atomic mass is 16.3. The average molecular weight is 343 g/mol. The third-order valence-corrected chi connectivity index (χ3v) is 4.76. The third kappa shape index (κ3) is 4.57. The average Bonchev–Trinajstić information content (AvgIpc) is 3.10. The van der Waals surface area contributed by atoms with Gasteiger partial charge in [0.25, 0.3) is 0 Å². The van der Waals surface area contributed by atoms with Gasteiger partial charge in [0.15, 0.2) is 5.82 Å². The van der Waals surface area contributed by atoms with E-state index in [1.165, 1.54) is 0 Å². The van der Waals surface area contributed by atoms with E-state index < -0.39 is 0 Å². The molecule has 0 saturated carbocycles. The molecule has 0 bridgehead atoms. The summed E-state index contributed by atoms with van der Waals surface area (Å²) in [6, 6.07) is 9.88. The summed E-state index contributed by atoms with van der Waals surface area (Å²) in [5.41, 5.74) is 1.15. The normalized spacial score (nSPS) is 16.6. The van der Waals surface area contributed by atoms with Crippen molar-refractivity contribution in [2.45, 2.75) is 38.8 Å². The molecule has 25 heavy (non-hydrogen) atoms. The van der Waals surface area contributed by atoms with Crippen molar-refractivity contribution < 1.29 is 9.90 Å². The largest absolute Gasteiger partial charge is 0.392 e. The second-order valence-corrected chi connectivity index (χ2v) is 6.47. The van der Waals surface area contributed by atoms with E-state index in [4.69, 9.17) is 0 Å². The number of rotatable bonds is 5. The van der Waals surface area contributed by atoms with E-state index >= 15 is 0 Å². The molecule has 1 aliphatic heterocycles. The zero-order valence-electron chi connectivity index (χ0n) is 14.5. The van der Waals surface area contributed by atoms with Crippen LogP contribution in [0.3, 0.4) is 0 Å². The molecule has 2 amide bonds. The zero-order valence-corrected chi connectivity index (χ0v) is 14.5. The number of anilines is 1. The number of hydrogen-bond donors (Lipinski definition) is 2. The Bertz CT molecular complexity index is 680. The summed E-state index contributed by atoms with van der Waals surface area (Å²) in [5.74, 6) is 0.698. The Morgan fingerprint density at radius 3 is 2.68 bits per heavy atom. The second kappa shape index (κ2) is 8.11. The Hall–Kier alpha value is -2.41. The molecular formula is C18H25N5O2. The SMILES string of the molecule is CCn1cc(NC(=O)N2CCC([C@H](O)Cc3ccccc3)CC2)nn1. The first-order valence-electron chi connectivity index (χ1n) is 8.83. The Morgan fingerprint density at radius 2 is 2.04 bits per heavy atom. The lowest BCUT2D eigenvalue weighted by atomic mass is 9.88.